The number of hydrogen-bond donors (Lipinski definition) is 1. The van der Waals surface area contributed by atoms with Gasteiger partial charge in [-0.2, -0.15) is 0 Å². The van der Waals surface area contributed by atoms with Crippen LogP contribution in [0.15, 0.2) is 73.2 Å². The van der Waals surface area contributed by atoms with E-state index in [0.29, 0.717) is 11.6 Å². The van der Waals surface area contributed by atoms with Crippen molar-refractivity contribution in [1.82, 2.24) is 15.3 Å². The second kappa shape index (κ2) is 8.22. The number of nitrogens with zero attached hydrogens (tertiary/aromatic N) is 2. The van der Waals surface area contributed by atoms with Crippen LogP contribution < -0.4 is 5.32 Å². The molecule has 0 fully saturated rings. The minimum Gasteiger partial charge on any atom is -0.348 e. The number of carbonyl (C=O) groups excluding carboxylic acids is 1. The van der Waals surface area contributed by atoms with E-state index in [1.54, 1.807) is 36.8 Å². The predicted octanol–water partition coefficient (Wildman–Crippen LogP) is 4.13. The first-order chi connectivity index (χ1) is 12.2. The number of pyridine rings is 2. The Bertz CT molecular complexity index is 877. The lowest BCUT2D eigenvalue weighted by molar-refractivity contribution is -0.116. The van der Waals surface area contributed by atoms with Crippen LogP contribution in [-0.2, 0) is 11.3 Å². The fourth-order valence-electron chi connectivity index (χ4n) is 2.34. The number of carbonyl (C=O) groups is 1. The molecule has 0 aliphatic carbocycles. The van der Waals surface area contributed by atoms with Crippen molar-refractivity contribution >= 4 is 23.6 Å². The molecule has 0 saturated carbocycles. The minimum atomic E-state index is -0.167. The van der Waals surface area contributed by atoms with E-state index in [2.05, 4.69) is 15.3 Å². The average molecular weight is 350 g/mol. The summed E-state index contributed by atoms with van der Waals surface area (Å²) < 4.78 is 0. The van der Waals surface area contributed by atoms with E-state index in [1.165, 1.54) is 6.08 Å². The van der Waals surface area contributed by atoms with Gasteiger partial charge in [-0.25, -0.2) is 0 Å². The van der Waals surface area contributed by atoms with Gasteiger partial charge < -0.3 is 5.32 Å². The van der Waals surface area contributed by atoms with Crippen molar-refractivity contribution in [2.75, 3.05) is 0 Å². The lowest BCUT2D eigenvalue weighted by Gasteiger charge is -2.08. The number of halogens is 1. The number of nitrogens with one attached hydrogen (secondary N) is 1. The molecular formula is C20H16ClN3O. The maximum atomic E-state index is 12.1. The summed E-state index contributed by atoms with van der Waals surface area (Å²) >= 11 is 5.84. The summed E-state index contributed by atoms with van der Waals surface area (Å²) in [6, 6.07) is 14.9. The average Bonchev–Trinajstić information content (AvgIpc) is 2.67. The molecule has 124 valence electrons. The molecule has 2 aromatic heterocycles. The molecule has 1 amide bonds. The van der Waals surface area contributed by atoms with Gasteiger partial charge in [0.15, 0.2) is 0 Å². The summed E-state index contributed by atoms with van der Waals surface area (Å²) in [5, 5.41) is 3.55. The van der Waals surface area contributed by atoms with Crippen molar-refractivity contribution in [3.63, 3.8) is 0 Å². The highest BCUT2D eigenvalue weighted by Gasteiger charge is 2.06. The summed E-state index contributed by atoms with van der Waals surface area (Å²) in [4.78, 5) is 20.5. The Morgan fingerprint density at radius 3 is 2.56 bits per heavy atom. The number of rotatable bonds is 5. The van der Waals surface area contributed by atoms with E-state index in [1.807, 2.05) is 36.4 Å². The van der Waals surface area contributed by atoms with Crippen LogP contribution in [-0.4, -0.2) is 15.9 Å². The molecular weight excluding hydrogens is 334 g/mol. The zero-order valence-electron chi connectivity index (χ0n) is 13.4. The van der Waals surface area contributed by atoms with Gasteiger partial charge in [0.2, 0.25) is 5.91 Å². The van der Waals surface area contributed by atoms with Gasteiger partial charge in [-0.3, -0.25) is 14.8 Å². The third-order valence-electron chi connectivity index (χ3n) is 3.60. The van der Waals surface area contributed by atoms with Crippen molar-refractivity contribution in [3.8, 4) is 11.3 Å². The molecule has 0 unspecified atom stereocenters. The van der Waals surface area contributed by atoms with Crippen LogP contribution in [0, 0.1) is 0 Å². The summed E-state index contributed by atoms with van der Waals surface area (Å²) in [7, 11) is 0. The number of amides is 1. The van der Waals surface area contributed by atoms with Gasteiger partial charge in [-0.1, -0.05) is 29.8 Å². The van der Waals surface area contributed by atoms with Crippen molar-refractivity contribution in [1.29, 1.82) is 0 Å². The molecule has 0 aliphatic heterocycles. The molecule has 0 atom stereocenters. The van der Waals surface area contributed by atoms with Crippen LogP contribution >= 0.6 is 11.6 Å². The summed E-state index contributed by atoms with van der Waals surface area (Å²) in [5.41, 5.74) is 3.67. The Labute approximate surface area is 151 Å². The molecule has 4 nitrogen and oxygen atoms in total. The molecule has 25 heavy (non-hydrogen) atoms. The Balaban J connectivity index is 1.66. The van der Waals surface area contributed by atoms with Crippen LogP contribution in [0.1, 0.15) is 11.1 Å². The molecule has 0 radical (unpaired) electrons. The molecule has 0 saturated heterocycles. The van der Waals surface area contributed by atoms with Gasteiger partial charge >= 0.3 is 0 Å². The fraction of sp³-hybridized carbons (Fsp3) is 0.0500. The lowest BCUT2D eigenvalue weighted by atomic mass is 10.1. The van der Waals surface area contributed by atoms with Gasteiger partial charge in [0.05, 0.1) is 5.69 Å². The van der Waals surface area contributed by atoms with Crippen LogP contribution in [0.3, 0.4) is 0 Å². The molecule has 3 rings (SSSR count). The van der Waals surface area contributed by atoms with Crippen LogP contribution in [0.2, 0.25) is 5.02 Å². The molecule has 5 heteroatoms. The third-order valence-corrected chi connectivity index (χ3v) is 3.85. The van der Waals surface area contributed by atoms with Crippen molar-refractivity contribution < 1.29 is 4.79 Å². The molecule has 1 aromatic carbocycles. The largest absolute Gasteiger partial charge is 0.348 e. The normalized spacial score (nSPS) is 10.8. The first-order valence-electron chi connectivity index (χ1n) is 7.78. The first-order valence-corrected chi connectivity index (χ1v) is 8.16. The number of benzene rings is 1. The van der Waals surface area contributed by atoms with Crippen LogP contribution in [0.5, 0.6) is 0 Å². The van der Waals surface area contributed by atoms with Crippen molar-refractivity contribution in [2.24, 2.45) is 0 Å². The topological polar surface area (TPSA) is 54.9 Å². The Kier molecular flexibility index (Phi) is 5.54. The Morgan fingerprint density at radius 2 is 1.80 bits per heavy atom. The third kappa shape index (κ3) is 4.75. The highest BCUT2D eigenvalue weighted by molar-refractivity contribution is 6.30. The van der Waals surface area contributed by atoms with Crippen LogP contribution in [0.4, 0.5) is 0 Å². The SMILES string of the molecule is O=C(/C=C/c1ccc(Cl)cc1)NCc1cccnc1-c1ccncc1. The highest BCUT2D eigenvalue weighted by Crippen LogP contribution is 2.20. The standard InChI is InChI=1S/C20H16ClN3O/c21-18-6-3-15(4-7-18)5-8-19(25)24-14-17-2-1-11-23-20(17)16-9-12-22-13-10-16/h1-13H,14H2,(H,24,25)/b8-5+. The number of hydrogen-bond acceptors (Lipinski definition) is 3. The summed E-state index contributed by atoms with van der Waals surface area (Å²) in [6.45, 7) is 0.398. The van der Waals surface area contributed by atoms with Gasteiger partial charge in [-0.05, 0) is 47.5 Å². The van der Waals surface area contributed by atoms with E-state index in [-0.39, 0.29) is 5.91 Å². The smallest absolute Gasteiger partial charge is 0.244 e. The summed E-state index contributed by atoms with van der Waals surface area (Å²) in [5.74, 6) is -0.167. The van der Waals surface area contributed by atoms with Gasteiger partial charge in [0.1, 0.15) is 0 Å². The molecule has 0 bridgehead atoms. The van der Waals surface area contributed by atoms with E-state index in [0.717, 1.165) is 22.4 Å². The molecule has 2 heterocycles. The summed E-state index contributed by atoms with van der Waals surface area (Å²) in [6.07, 6.45) is 8.44. The second-order valence-electron chi connectivity index (χ2n) is 5.35. The zero-order valence-corrected chi connectivity index (χ0v) is 14.1. The van der Waals surface area contributed by atoms with Gasteiger partial charge in [0, 0.05) is 41.8 Å². The minimum absolute atomic E-state index is 0.167. The zero-order chi connectivity index (χ0) is 17.5. The maximum Gasteiger partial charge on any atom is 0.244 e. The van der Waals surface area contributed by atoms with E-state index in [9.17, 15) is 4.79 Å². The molecule has 0 aliphatic rings. The quantitative estimate of drug-likeness (QED) is 0.705. The Hall–Kier alpha value is -2.98. The van der Waals surface area contributed by atoms with E-state index < -0.39 is 0 Å². The van der Waals surface area contributed by atoms with E-state index in [4.69, 9.17) is 11.6 Å². The van der Waals surface area contributed by atoms with Crippen LogP contribution in [0.25, 0.3) is 17.3 Å². The second-order valence-corrected chi connectivity index (χ2v) is 5.79. The van der Waals surface area contributed by atoms with Crippen molar-refractivity contribution in [3.05, 3.63) is 89.3 Å². The first kappa shape index (κ1) is 16.9. The Morgan fingerprint density at radius 1 is 1.04 bits per heavy atom. The van der Waals surface area contributed by atoms with Gasteiger partial charge in [-0.15, -0.1) is 0 Å². The maximum absolute atomic E-state index is 12.1. The van der Waals surface area contributed by atoms with E-state index >= 15 is 0 Å². The molecule has 3 aromatic rings. The lowest BCUT2D eigenvalue weighted by Crippen LogP contribution is -2.20. The predicted molar refractivity (Wildman–Crippen MR) is 99.8 cm³/mol. The highest BCUT2D eigenvalue weighted by atomic mass is 35.5. The van der Waals surface area contributed by atoms with Gasteiger partial charge in [0.25, 0.3) is 0 Å². The van der Waals surface area contributed by atoms with Crippen molar-refractivity contribution in [2.45, 2.75) is 6.54 Å². The monoisotopic (exact) mass is 349 g/mol. The molecule has 1 N–H and O–H groups in total. The molecule has 0 spiro atoms. The number of aromatic nitrogens is 2. The fourth-order valence-corrected chi connectivity index (χ4v) is 2.46.